The highest BCUT2D eigenvalue weighted by Crippen LogP contribution is 2.48. The number of alkyl carbamates (subject to hydrolysis) is 2. The minimum atomic E-state index is -1.07. The zero-order chi connectivity index (χ0) is 104. The van der Waals surface area contributed by atoms with Crippen molar-refractivity contribution in [3.8, 4) is 0 Å². The molecule has 0 radical (unpaired) electrons. The number of hydrogen-bond acceptors (Lipinski definition) is 37. The summed E-state index contributed by atoms with van der Waals surface area (Å²) in [6.45, 7) is 23.3. The van der Waals surface area contributed by atoms with Crippen LogP contribution >= 0.6 is 0 Å². The van der Waals surface area contributed by atoms with Gasteiger partial charge in [-0.3, -0.25) is 9.80 Å². The molecule has 11 aliphatic heterocycles. The van der Waals surface area contributed by atoms with Crippen LogP contribution in [0.4, 0.5) is 19.2 Å². The van der Waals surface area contributed by atoms with E-state index < -0.39 is 178 Å². The van der Waals surface area contributed by atoms with Gasteiger partial charge in [-0.05, 0) is 190 Å². The maximum atomic E-state index is 12.9. The van der Waals surface area contributed by atoms with E-state index in [0.29, 0.717) is 43.9 Å². The number of carbonyl (C=O) groups excluding carboxylic acids is 4. The summed E-state index contributed by atoms with van der Waals surface area (Å²) in [5.74, 6) is 5.56. The number of carbonyl (C=O) groups is 4. The standard InChI is InChI=1S/C36H54N2O10.C35H52N2O9.C21H41N5O8.H3N7.H2N6.HN3/c1-8-25-18(2)14-20(4)32(43-25)48-34-27-31(47-36(41)38(27)7)30-26(44-34)16-21(5)33(46-30)45-29-19(3)15-24(22(6)28(29)39)37-35(40)42-17-23-12-10-9-11-13-23;1-7-25-19(2)15-21(4)32(41-25)46-33-28-30(45-35(39)37(28)6)29-27(43-33)17-22(5)31(44-29)42-26-14-13-24(16-20(26)3)36-34(38)40-18-23-11-9-8-10-12-23;1-26-16-17(29)18-14(31-21(16)34-20-12(28)5-10(24)15(7-27)32-20)6-11(25)19(33-18)30-13-3-2-8(22)4-9(13)23;1-3-5-7-6-4-2;1-3-5-6-4-2;1-3-2/h9-13,18-22,24-34,39H,8,14-17H2,1-7H3,(H,37,40);8-12,19-22,24-33H,7,13-18H2,1-6H3,(H,36,38);8-21,26-29H,2-7,22-25H2,1H3;(H3,1,2,5,6);1-2H;1H/b;;;;3-1?,4-2?,6-5+;/t18-,19?,20?,21?,22?,24+,25?,26-,27?,28+,29+,30?,31?,32+,33-,34?;19-,20?,21?,22?,24-,25?,26-,27-,28?,29?,30?,31-,32+,33?;8-,9?,10-,11?,12?,13-,14-,15?,16?,17?,18?,19-,20+,21?;;;/m000.../s1. The second-order valence-corrected chi connectivity index (χ2v) is 40.2. The highest BCUT2D eigenvalue weighted by Gasteiger charge is 2.63. The van der Waals surface area contributed by atoms with Gasteiger partial charge in [0.05, 0.1) is 79.7 Å². The summed E-state index contributed by atoms with van der Waals surface area (Å²) in [7, 11) is 5.07. The number of amides is 4. The Hall–Kier alpha value is -8.73. The van der Waals surface area contributed by atoms with Gasteiger partial charge in [0.25, 0.3) is 0 Å². The first-order chi connectivity index (χ1) is 69.0. The Morgan fingerprint density at radius 1 is 0.472 bits per heavy atom. The molecule has 16 rings (SSSR count). The molecule has 11 heterocycles. The summed E-state index contributed by atoms with van der Waals surface area (Å²) in [5.41, 5.74) is 56.4. The average Bonchev–Trinajstić information content (AvgIpc) is 1.58. The Kier molecular flexibility index (Phi) is 44.5. The monoisotopic (exact) mass is 2040 g/mol. The Balaban J connectivity index is 0.000000193. The second kappa shape index (κ2) is 55.5. The molecule has 25 unspecified atom stereocenters. The van der Waals surface area contributed by atoms with Gasteiger partial charge in [0.15, 0.2) is 68.8 Å². The van der Waals surface area contributed by atoms with Gasteiger partial charge in [-0.25, -0.2) is 19.2 Å². The predicted molar refractivity (Wildman–Crippen MR) is 503 cm³/mol. The van der Waals surface area contributed by atoms with Crippen molar-refractivity contribution >= 4 is 24.4 Å². The van der Waals surface area contributed by atoms with Gasteiger partial charge >= 0.3 is 24.4 Å². The van der Waals surface area contributed by atoms with Crippen LogP contribution in [0.5, 0.6) is 0 Å². The van der Waals surface area contributed by atoms with Crippen LogP contribution in [-0.2, 0) is 103 Å². The highest BCUT2D eigenvalue weighted by atomic mass is 16.8. The molecule has 0 aromatic heterocycles. The van der Waals surface area contributed by atoms with Crippen molar-refractivity contribution < 1.29 is 130 Å². The maximum absolute atomic E-state index is 12.9. The van der Waals surface area contributed by atoms with Gasteiger partial charge in [-0.15, -0.1) is 5.53 Å². The fourth-order valence-corrected chi connectivity index (χ4v) is 21.8. The highest BCUT2D eigenvalue weighted by molar-refractivity contribution is 5.71. The largest absolute Gasteiger partial charge is 0.445 e. The molecule has 0 bridgehead atoms. The van der Waals surface area contributed by atoms with Crippen molar-refractivity contribution in [1.29, 1.82) is 22.1 Å². The molecule has 144 heavy (non-hydrogen) atoms. The lowest BCUT2D eigenvalue weighted by atomic mass is 9.75. The van der Waals surface area contributed by atoms with E-state index in [9.17, 15) is 39.6 Å². The number of aliphatic hydroxyl groups is 4. The molecule has 4 amide bonds. The zero-order valence-electron chi connectivity index (χ0n) is 84.3. The number of fused-ring (bicyclic) bond motifs is 7. The van der Waals surface area contributed by atoms with Crippen LogP contribution in [0.25, 0.3) is 10.4 Å². The Labute approximate surface area is 837 Å². The number of nitrogens with two attached hydrogens (primary N) is 5. The Bertz CT molecular complexity index is 4430. The van der Waals surface area contributed by atoms with Crippen LogP contribution in [0.3, 0.4) is 0 Å². The van der Waals surface area contributed by atoms with Crippen LogP contribution in [0.15, 0.2) is 108 Å². The van der Waals surface area contributed by atoms with Gasteiger partial charge in [0.1, 0.15) is 55.8 Å². The van der Waals surface area contributed by atoms with E-state index in [2.05, 4.69) is 124 Å². The van der Waals surface area contributed by atoms with Crippen LogP contribution in [-0.4, -0.2) is 297 Å². The Morgan fingerprint density at radius 2 is 0.931 bits per heavy atom. The van der Waals surface area contributed by atoms with Gasteiger partial charge in [-0.2, -0.15) is 16.6 Å². The Morgan fingerprint density at radius 3 is 1.42 bits per heavy atom. The summed E-state index contributed by atoms with van der Waals surface area (Å²) < 4.78 is 118. The lowest BCUT2D eigenvalue weighted by Crippen LogP contribution is -2.69. The molecule has 11 saturated heterocycles. The van der Waals surface area contributed by atoms with Crippen molar-refractivity contribution in [3.05, 3.63) is 82.2 Å². The van der Waals surface area contributed by atoms with E-state index in [0.717, 1.165) is 68.9 Å². The first-order valence-corrected chi connectivity index (χ1v) is 50.0. The molecule has 808 valence electrons. The SMILES string of the molecule is CCC1O[C@H](OC2O[C@H]3CC(C)[C@@H](O[C@@H]4C(C)C[C@@H](NC(=O)OCc5ccccc5)C(C)[C@H]4O)OC3C3OC(=O)N(C)C23)C(C)C[C@@H]1C.CCC1O[C@H](OC2O[C@H]3CC(C)[C@@H](O[C@H]4CC[C@H](NC(=O)OCc5ccccc5)CC4C)OC3C3OC(=O)N(C)C23)C(C)C[C@@H]1C.CNC1C(O[C@H]2OC(CO)[C@@H](N)CC2O)O[C@H]2CC(N)[C@@H](O[C@H]3CC[C@H](N)CC3N)OC2C1O.N=N/N=N/N=N.N=N/N=N/N=N/N.[N-]=[N+]=N. The smallest absolute Gasteiger partial charge is 0.410 e. The predicted octanol–water partition coefficient (Wildman–Crippen LogP) is 9.38. The van der Waals surface area contributed by atoms with Crippen LogP contribution in [0.2, 0.25) is 0 Å². The molecule has 3 saturated carbocycles. The molecule has 3 aliphatic carbocycles. The minimum absolute atomic E-state index is 0.0218. The third-order valence-corrected chi connectivity index (χ3v) is 29.7. The van der Waals surface area contributed by atoms with E-state index >= 15 is 0 Å². The molecule has 0 spiro atoms. The number of aliphatic hydroxyl groups excluding tert-OH is 4. The van der Waals surface area contributed by atoms with Crippen molar-refractivity contribution in [3.63, 3.8) is 0 Å². The van der Waals surface area contributed by atoms with Gasteiger partial charge in [0, 0.05) is 73.9 Å². The number of nitrogens with one attached hydrogen (secondary N) is 7. The fourth-order valence-electron chi connectivity index (χ4n) is 21.8. The van der Waals surface area contributed by atoms with Crippen molar-refractivity contribution in [2.75, 3.05) is 27.7 Å². The molecule has 52 heteroatoms. The number of hydrogen-bond donors (Lipinski definition) is 16. The lowest BCUT2D eigenvalue weighted by Gasteiger charge is -2.51. The zero-order valence-corrected chi connectivity index (χ0v) is 84.3. The molecule has 44 atom stereocenters. The number of nitrogens with zero attached hydrogens (tertiary/aromatic N) is 13. The van der Waals surface area contributed by atoms with E-state index in [1.54, 1.807) is 31.0 Å². The molecule has 2 aromatic rings. The maximum Gasteiger partial charge on any atom is 0.410 e. The number of ether oxygens (including phenoxy) is 19. The van der Waals surface area contributed by atoms with Gasteiger partial charge < -0.3 is 155 Å². The normalized spacial score (nSPS) is 41.6. The lowest BCUT2D eigenvalue weighted by molar-refractivity contribution is -0.368. The summed E-state index contributed by atoms with van der Waals surface area (Å²) in [6, 6.07) is 16.1. The van der Waals surface area contributed by atoms with Gasteiger partial charge in [0.2, 0.25) is 0 Å². The van der Waals surface area contributed by atoms with E-state index in [1.807, 2.05) is 81.4 Å². The molecular formula is C92H153N25O27. The van der Waals surface area contributed by atoms with E-state index in [-0.39, 0.29) is 128 Å². The second-order valence-electron chi connectivity index (χ2n) is 40.2. The topological polar surface area (TPSA) is 740 Å². The first kappa shape index (κ1) is 116. The molecule has 14 aliphatic rings. The van der Waals surface area contributed by atoms with Crippen LogP contribution in [0, 0.1) is 75.4 Å². The third kappa shape index (κ3) is 30.1. The average molecular weight is 2040 g/mol. The fraction of sp³-hybridized carbons (Fsp3) is 0.826. The number of benzene rings is 2. The summed E-state index contributed by atoms with van der Waals surface area (Å²) >= 11 is 0. The summed E-state index contributed by atoms with van der Waals surface area (Å²) in [6.07, 6.45) is -5.36. The van der Waals surface area contributed by atoms with Crippen molar-refractivity contribution in [2.45, 2.75) is 400 Å². The molecule has 14 fully saturated rings. The summed E-state index contributed by atoms with van der Waals surface area (Å²) in [4.78, 5) is 55.6. The molecular weight excluding hydrogens is 1890 g/mol. The minimum Gasteiger partial charge on any atom is -0.445 e. The molecule has 2 aromatic carbocycles. The molecule has 21 N–H and O–H groups in total. The van der Waals surface area contributed by atoms with Crippen LogP contribution in [0.1, 0.15) is 184 Å². The van der Waals surface area contributed by atoms with Gasteiger partial charge in [-0.1, -0.05) is 142 Å². The van der Waals surface area contributed by atoms with Crippen LogP contribution < -0.4 is 44.7 Å². The first-order valence-electron chi connectivity index (χ1n) is 50.0. The van der Waals surface area contributed by atoms with Crippen molar-refractivity contribution in [1.82, 2.24) is 25.8 Å². The number of likely N-dealkylation sites (N-methyl/N-ethyl adjacent to an activating group) is 3. The third-order valence-electron chi connectivity index (χ3n) is 29.7. The quantitative estimate of drug-likeness (QED) is 0.0104. The van der Waals surface area contributed by atoms with E-state index in [4.69, 9.17) is 141 Å². The number of rotatable bonds is 26. The van der Waals surface area contributed by atoms with E-state index in [1.165, 1.54) is 4.90 Å². The summed E-state index contributed by atoms with van der Waals surface area (Å²) in [5, 5.41) is 75.1. The molecule has 52 nitrogen and oxygen atoms in total. The van der Waals surface area contributed by atoms with Crippen molar-refractivity contribution in [2.24, 2.45) is 129 Å².